The number of hydrogen-bond acceptors (Lipinski definition) is 4. The lowest BCUT2D eigenvalue weighted by atomic mass is 10.2. The predicted molar refractivity (Wildman–Crippen MR) is 111 cm³/mol. The summed E-state index contributed by atoms with van der Waals surface area (Å²) in [6.07, 6.45) is 4.40. The van der Waals surface area contributed by atoms with Gasteiger partial charge in [-0.2, -0.15) is 0 Å². The van der Waals surface area contributed by atoms with Crippen LogP contribution in [0.3, 0.4) is 0 Å². The molecule has 0 aliphatic heterocycles. The van der Waals surface area contributed by atoms with Crippen molar-refractivity contribution in [3.05, 3.63) is 77.9 Å². The first-order valence-electron chi connectivity index (χ1n) is 9.46. The minimum Gasteiger partial charge on any atom is -0.493 e. The molecule has 0 bridgehead atoms. The number of ether oxygens (including phenoxy) is 2. The fourth-order valence-corrected chi connectivity index (χ4v) is 3.02. The highest BCUT2D eigenvalue weighted by atomic mass is 16.5. The third kappa shape index (κ3) is 5.75. The predicted octanol–water partition coefficient (Wildman–Crippen LogP) is 2.99. The number of carbonyl (C=O) groups is 1. The zero-order valence-electron chi connectivity index (χ0n) is 16.7. The van der Waals surface area contributed by atoms with Crippen LogP contribution >= 0.6 is 0 Å². The number of urea groups is 1. The van der Waals surface area contributed by atoms with E-state index < -0.39 is 0 Å². The maximum atomic E-state index is 12.1. The Labute approximate surface area is 170 Å². The van der Waals surface area contributed by atoms with E-state index >= 15 is 0 Å². The fourth-order valence-electron chi connectivity index (χ4n) is 3.02. The van der Waals surface area contributed by atoms with Crippen molar-refractivity contribution in [2.24, 2.45) is 0 Å². The minimum atomic E-state index is -0.221. The molecule has 0 saturated carbocycles. The molecule has 7 heteroatoms. The lowest BCUT2D eigenvalue weighted by Gasteiger charge is -2.11. The molecule has 0 aliphatic carbocycles. The molecule has 2 amide bonds. The summed E-state index contributed by atoms with van der Waals surface area (Å²) in [5, 5.41) is 5.72. The molecule has 1 heterocycles. The Kier molecular flexibility index (Phi) is 7.10. The Hall–Kier alpha value is -3.48. The largest absolute Gasteiger partial charge is 0.493 e. The van der Waals surface area contributed by atoms with Crippen molar-refractivity contribution in [2.75, 3.05) is 20.8 Å². The van der Waals surface area contributed by atoms with E-state index in [9.17, 15) is 4.79 Å². The molecule has 3 rings (SSSR count). The molecular weight excluding hydrogens is 368 g/mol. The van der Waals surface area contributed by atoms with E-state index in [1.54, 1.807) is 20.4 Å². The van der Waals surface area contributed by atoms with Gasteiger partial charge in [0.25, 0.3) is 0 Å². The minimum absolute atomic E-state index is 0.221. The maximum Gasteiger partial charge on any atom is 0.315 e. The first kappa shape index (κ1) is 20.3. The lowest BCUT2D eigenvalue weighted by molar-refractivity contribution is 0.240. The molecule has 2 N–H and O–H groups in total. The van der Waals surface area contributed by atoms with E-state index in [2.05, 4.69) is 32.3 Å². The molecule has 7 nitrogen and oxygen atoms in total. The Bertz CT molecular complexity index is 925. The number of nitrogens with zero attached hydrogens (tertiary/aromatic N) is 2. The van der Waals surface area contributed by atoms with Crippen LogP contribution in [0.5, 0.6) is 11.5 Å². The number of carbonyl (C=O) groups excluding carboxylic acids is 1. The molecule has 0 atom stereocenters. The number of rotatable bonds is 9. The van der Waals surface area contributed by atoms with Gasteiger partial charge in [0.2, 0.25) is 0 Å². The van der Waals surface area contributed by atoms with Gasteiger partial charge in [-0.3, -0.25) is 0 Å². The van der Waals surface area contributed by atoms with Crippen LogP contribution in [-0.4, -0.2) is 36.3 Å². The third-order valence-electron chi connectivity index (χ3n) is 4.53. The van der Waals surface area contributed by atoms with Crippen LogP contribution in [0.15, 0.2) is 60.9 Å². The lowest BCUT2D eigenvalue weighted by Crippen LogP contribution is -2.36. The number of aromatic nitrogens is 2. The summed E-state index contributed by atoms with van der Waals surface area (Å²) in [5.74, 6) is 2.23. The fraction of sp³-hybridized carbons (Fsp3) is 0.273. The topological polar surface area (TPSA) is 77.4 Å². The number of methoxy groups -OCH3 is 2. The van der Waals surface area contributed by atoms with Crippen molar-refractivity contribution in [1.29, 1.82) is 0 Å². The normalized spacial score (nSPS) is 10.4. The Morgan fingerprint density at radius 1 is 1.00 bits per heavy atom. The zero-order chi connectivity index (χ0) is 20.5. The Morgan fingerprint density at radius 3 is 2.55 bits per heavy atom. The molecule has 29 heavy (non-hydrogen) atoms. The second-order valence-corrected chi connectivity index (χ2v) is 6.51. The van der Waals surface area contributed by atoms with Crippen LogP contribution in [0.25, 0.3) is 0 Å². The summed E-state index contributed by atoms with van der Waals surface area (Å²) >= 11 is 0. The summed E-state index contributed by atoms with van der Waals surface area (Å²) in [6, 6.07) is 15.6. The second-order valence-electron chi connectivity index (χ2n) is 6.51. The molecule has 2 aromatic carbocycles. The van der Waals surface area contributed by atoms with Gasteiger partial charge in [-0.1, -0.05) is 36.4 Å². The first-order valence-corrected chi connectivity index (χ1v) is 9.46. The smallest absolute Gasteiger partial charge is 0.315 e. The van der Waals surface area contributed by atoms with Crippen LogP contribution in [0.4, 0.5) is 4.79 Å². The summed E-state index contributed by atoms with van der Waals surface area (Å²) < 4.78 is 12.6. The quantitative estimate of drug-likeness (QED) is 0.585. The van der Waals surface area contributed by atoms with Gasteiger partial charge in [0.1, 0.15) is 5.82 Å². The Morgan fingerprint density at radius 2 is 1.79 bits per heavy atom. The number of imidazole rings is 1. The monoisotopic (exact) mass is 394 g/mol. The number of nitrogens with one attached hydrogen (secondary N) is 2. The summed E-state index contributed by atoms with van der Waals surface area (Å²) in [5.41, 5.74) is 2.14. The SMILES string of the molecule is COc1ccc(CNC(=O)NCCc2nccn2Cc2ccccc2)cc1OC. The molecule has 3 aromatic rings. The van der Waals surface area contributed by atoms with E-state index in [-0.39, 0.29) is 6.03 Å². The highest BCUT2D eigenvalue weighted by molar-refractivity contribution is 5.73. The molecule has 0 aliphatic rings. The molecule has 152 valence electrons. The van der Waals surface area contributed by atoms with Crippen molar-refractivity contribution in [3.63, 3.8) is 0 Å². The van der Waals surface area contributed by atoms with Gasteiger partial charge < -0.3 is 24.7 Å². The van der Waals surface area contributed by atoms with E-state index in [0.29, 0.717) is 31.0 Å². The summed E-state index contributed by atoms with van der Waals surface area (Å²) in [4.78, 5) is 16.5. The number of amides is 2. The third-order valence-corrected chi connectivity index (χ3v) is 4.53. The van der Waals surface area contributed by atoms with Crippen LogP contribution in [0, 0.1) is 0 Å². The van der Waals surface area contributed by atoms with Crippen LogP contribution < -0.4 is 20.1 Å². The standard InChI is InChI=1S/C22H26N4O3/c1-28-19-9-8-18(14-20(19)29-2)15-25-22(27)24-11-10-21-23-12-13-26(21)16-17-6-4-3-5-7-17/h3-9,12-14H,10-11,15-16H2,1-2H3,(H2,24,25,27). The molecule has 0 saturated heterocycles. The summed E-state index contributed by atoms with van der Waals surface area (Å²) in [6.45, 7) is 1.67. The number of benzene rings is 2. The van der Waals surface area contributed by atoms with Gasteiger partial charge in [0, 0.05) is 38.4 Å². The molecule has 0 spiro atoms. The van der Waals surface area contributed by atoms with E-state index in [0.717, 1.165) is 17.9 Å². The maximum absolute atomic E-state index is 12.1. The average Bonchev–Trinajstić information content (AvgIpc) is 3.19. The van der Waals surface area contributed by atoms with Crippen molar-refractivity contribution >= 4 is 6.03 Å². The van der Waals surface area contributed by atoms with Crippen molar-refractivity contribution in [2.45, 2.75) is 19.5 Å². The second kappa shape index (κ2) is 10.2. The van der Waals surface area contributed by atoms with E-state index in [1.807, 2.05) is 42.6 Å². The molecular formula is C22H26N4O3. The molecule has 0 radical (unpaired) electrons. The average molecular weight is 394 g/mol. The highest BCUT2D eigenvalue weighted by Crippen LogP contribution is 2.27. The van der Waals surface area contributed by atoms with Gasteiger partial charge in [0.15, 0.2) is 11.5 Å². The molecule has 0 unspecified atom stereocenters. The van der Waals surface area contributed by atoms with Crippen LogP contribution in [0.2, 0.25) is 0 Å². The van der Waals surface area contributed by atoms with E-state index in [1.165, 1.54) is 5.56 Å². The highest BCUT2D eigenvalue weighted by Gasteiger charge is 2.07. The van der Waals surface area contributed by atoms with Crippen molar-refractivity contribution < 1.29 is 14.3 Å². The van der Waals surface area contributed by atoms with Gasteiger partial charge in [0.05, 0.1) is 14.2 Å². The first-order chi connectivity index (χ1) is 14.2. The van der Waals surface area contributed by atoms with Gasteiger partial charge in [-0.15, -0.1) is 0 Å². The van der Waals surface area contributed by atoms with Crippen LogP contribution in [-0.2, 0) is 19.5 Å². The molecule has 0 fully saturated rings. The van der Waals surface area contributed by atoms with Crippen molar-refractivity contribution in [1.82, 2.24) is 20.2 Å². The van der Waals surface area contributed by atoms with Crippen molar-refractivity contribution in [3.8, 4) is 11.5 Å². The van der Waals surface area contributed by atoms with E-state index in [4.69, 9.17) is 9.47 Å². The zero-order valence-corrected chi connectivity index (χ0v) is 16.7. The van der Waals surface area contributed by atoms with Crippen LogP contribution in [0.1, 0.15) is 17.0 Å². The van der Waals surface area contributed by atoms with Gasteiger partial charge in [-0.05, 0) is 23.3 Å². The van der Waals surface area contributed by atoms with Gasteiger partial charge >= 0.3 is 6.03 Å². The molecule has 1 aromatic heterocycles. The number of hydrogen-bond donors (Lipinski definition) is 2. The Balaban J connectivity index is 1.44. The summed E-state index contributed by atoms with van der Waals surface area (Å²) in [7, 11) is 3.18. The van der Waals surface area contributed by atoms with Gasteiger partial charge in [-0.25, -0.2) is 9.78 Å².